The van der Waals surface area contributed by atoms with E-state index in [2.05, 4.69) is 9.71 Å². The minimum Gasteiger partial charge on any atom is -0.572 e. The molecule has 0 atom stereocenters. The van der Waals surface area contributed by atoms with Gasteiger partial charge in [0.25, 0.3) is 0 Å². The Balaban J connectivity index is 2.03. The van der Waals surface area contributed by atoms with Gasteiger partial charge in [-0.15, -0.1) is 5.69 Å². The second-order valence-corrected chi connectivity index (χ2v) is 7.14. The molecule has 0 bridgehead atoms. The zero-order chi connectivity index (χ0) is 15.0. The number of nitrogens with zero attached hydrogens (tertiary/aromatic N) is 1. The summed E-state index contributed by atoms with van der Waals surface area (Å²) in [7, 11) is -3.80. The Morgan fingerprint density at radius 1 is 1.14 bits per heavy atom. The number of H-pyrrole nitrogens is 1. The highest BCUT2D eigenvalue weighted by Gasteiger charge is 2.08. The Kier molecular flexibility index (Phi) is 3.30. The highest BCUT2D eigenvalue weighted by atomic mass is 32.2. The first-order valence-corrected chi connectivity index (χ1v) is 8.38. The van der Waals surface area contributed by atoms with Crippen LogP contribution in [0.1, 0.15) is 5.56 Å². The zero-order valence-corrected chi connectivity index (χ0v) is 12.7. The van der Waals surface area contributed by atoms with E-state index in [-0.39, 0.29) is 9.77 Å². The first-order valence-electron chi connectivity index (χ1n) is 6.12. The lowest BCUT2D eigenvalue weighted by molar-refractivity contribution is 0.603. The predicted molar refractivity (Wildman–Crippen MR) is 83.8 cm³/mol. The van der Waals surface area contributed by atoms with E-state index in [1.54, 1.807) is 31.2 Å². The Hall–Kier alpha value is -2.12. The number of hydrogen-bond donors (Lipinski definition) is 1. The lowest BCUT2D eigenvalue weighted by Gasteiger charge is -2.23. The molecule has 0 amide bonds. The number of sulfonamides is 1. The second kappa shape index (κ2) is 5.01. The molecule has 1 heterocycles. The van der Waals surface area contributed by atoms with Gasteiger partial charge in [0.1, 0.15) is 10.0 Å². The summed E-state index contributed by atoms with van der Waals surface area (Å²) in [5, 5.41) is 0. The van der Waals surface area contributed by atoms with Crippen molar-refractivity contribution in [2.24, 2.45) is 0 Å². The van der Waals surface area contributed by atoms with Crippen LogP contribution < -0.4 is 4.87 Å². The van der Waals surface area contributed by atoms with Crippen molar-refractivity contribution in [3.05, 3.63) is 62.4 Å². The Bertz CT molecular complexity index is 971. The van der Waals surface area contributed by atoms with Crippen molar-refractivity contribution >= 4 is 37.3 Å². The summed E-state index contributed by atoms with van der Waals surface area (Å²) in [5.74, 6) is 0. The molecule has 2 aromatic carbocycles. The zero-order valence-electron chi connectivity index (χ0n) is 11.0. The number of benzene rings is 2. The molecule has 3 rings (SSSR count). The minimum absolute atomic E-state index is 0.0773. The van der Waals surface area contributed by atoms with E-state index in [0.29, 0.717) is 15.9 Å². The summed E-state index contributed by atoms with van der Waals surface area (Å²) < 4.78 is 29.2. The summed E-state index contributed by atoms with van der Waals surface area (Å²) in [4.78, 5) is 13.8. The predicted octanol–water partition coefficient (Wildman–Crippen LogP) is 3.29. The summed E-state index contributed by atoms with van der Waals surface area (Å²) in [6.07, 6.45) is 0. The quantitative estimate of drug-likeness (QED) is 0.804. The molecular formula is C14H11N2O3S2-. The van der Waals surface area contributed by atoms with Crippen LogP contribution in [0.3, 0.4) is 0 Å². The lowest BCUT2D eigenvalue weighted by atomic mass is 10.2. The number of aromatic nitrogens is 1. The number of nitrogens with one attached hydrogen (secondary N) is 1. The fourth-order valence-electron chi connectivity index (χ4n) is 1.93. The van der Waals surface area contributed by atoms with Crippen molar-refractivity contribution in [3.63, 3.8) is 0 Å². The molecule has 0 saturated heterocycles. The molecule has 21 heavy (non-hydrogen) atoms. The van der Waals surface area contributed by atoms with Gasteiger partial charge in [-0.3, -0.25) is 4.79 Å². The highest BCUT2D eigenvalue weighted by Crippen LogP contribution is 2.31. The van der Waals surface area contributed by atoms with Crippen molar-refractivity contribution in [1.29, 1.82) is 0 Å². The highest BCUT2D eigenvalue weighted by molar-refractivity contribution is 7.94. The average Bonchev–Trinajstić information content (AvgIpc) is 2.80. The molecule has 0 aliphatic carbocycles. The largest absolute Gasteiger partial charge is 0.572 e. The Morgan fingerprint density at radius 2 is 1.90 bits per heavy atom. The molecule has 0 aliphatic rings. The van der Waals surface area contributed by atoms with Gasteiger partial charge >= 0.3 is 4.87 Å². The van der Waals surface area contributed by atoms with E-state index in [9.17, 15) is 13.2 Å². The van der Waals surface area contributed by atoms with Crippen molar-refractivity contribution in [2.75, 3.05) is 0 Å². The van der Waals surface area contributed by atoms with Gasteiger partial charge in [-0.25, -0.2) is 8.42 Å². The minimum atomic E-state index is -3.80. The van der Waals surface area contributed by atoms with Gasteiger partial charge < -0.3 is 9.71 Å². The summed E-state index contributed by atoms with van der Waals surface area (Å²) >= 11 is 0.975. The molecular weight excluding hydrogens is 308 g/mol. The molecule has 0 unspecified atom stereocenters. The van der Waals surface area contributed by atoms with Gasteiger partial charge in [0.15, 0.2) is 0 Å². The third-order valence-corrected chi connectivity index (χ3v) is 5.16. The van der Waals surface area contributed by atoms with Crippen LogP contribution in [-0.2, 0) is 10.0 Å². The van der Waals surface area contributed by atoms with Crippen LogP contribution in [0.15, 0.2) is 52.2 Å². The summed E-state index contributed by atoms with van der Waals surface area (Å²) in [6, 6.07) is 11.5. The Morgan fingerprint density at radius 3 is 2.67 bits per heavy atom. The standard InChI is InChI=1S/C14H11N2O3S2/c1-9-4-2-3-5-11(9)16-21(18,19)10-6-7-12-13(8-10)20-14(17)15-12/h2-8H,1H3,(H,15,17)/q-1. The fourth-order valence-corrected chi connectivity index (χ4v) is 3.86. The van der Waals surface area contributed by atoms with Crippen molar-refractivity contribution in [3.8, 4) is 0 Å². The van der Waals surface area contributed by atoms with Crippen LogP contribution >= 0.6 is 11.3 Å². The third kappa shape index (κ3) is 2.70. The number of rotatable bonds is 3. The summed E-state index contributed by atoms with van der Waals surface area (Å²) in [5.41, 5.74) is 1.83. The first kappa shape index (κ1) is 13.8. The maximum absolute atomic E-state index is 12.4. The molecule has 1 N–H and O–H groups in total. The first-order chi connectivity index (χ1) is 9.95. The van der Waals surface area contributed by atoms with Gasteiger partial charge in [-0.05, 0) is 25.1 Å². The second-order valence-electron chi connectivity index (χ2n) is 4.53. The number of hydrogen-bond acceptors (Lipinski definition) is 4. The molecule has 0 aliphatic heterocycles. The van der Waals surface area contributed by atoms with Gasteiger partial charge in [-0.1, -0.05) is 41.2 Å². The number of fused-ring (bicyclic) bond motifs is 1. The molecule has 0 saturated carbocycles. The van der Waals surface area contributed by atoms with E-state index < -0.39 is 10.0 Å². The number of aryl methyl sites for hydroxylation is 1. The van der Waals surface area contributed by atoms with Crippen LogP contribution in [0.25, 0.3) is 14.9 Å². The van der Waals surface area contributed by atoms with Crippen LogP contribution in [-0.4, -0.2) is 13.4 Å². The van der Waals surface area contributed by atoms with Crippen molar-refractivity contribution in [1.82, 2.24) is 4.98 Å². The third-order valence-electron chi connectivity index (χ3n) is 3.02. The van der Waals surface area contributed by atoms with Gasteiger partial charge in [0.2, 0.25) is 0 Å². The van der Waals surface area contributed by atoms with E-state index >= 15 is 0 Å². The van der Waals surface area contributed by atoms with E-state index in [0.717, 1.165) is 16.9 Å². The molecule has 0 spiro atoms. The monoisotopic (exact) mass is 319 g/mol. The molecule has 5 nitrogen and oxygen atoms in total. The topological polar surface area (TPSA) is 81.1 Å². The van der Waals surface area contributed by atoms with Gasteiger partial charge in [0, 0.05) is 0 Å². The maximum atomic E-state index is 12.4. The molecule has 1 aromatic heterocycles. The van der Waals surface area contributed by atoms with Crippen molar-refractivity contribution < 1.29 is 8.42 Å². The smallest absolute Gasteiger partial charge is 0.305 e. The SMILES string of the molecule is Cc1ccccc1[N-]S(=O)(=O)c1ccc2[nH]c(=O)sc2c1. The fraction of sp³-hybridized carbons (Fsp3) is 0.0714. The Labute approximate surface area is 125 Å². The number of aromatic amines is 1. The molecule has 3 aromatic rings. The van der Waals surface area contributed by atoms with Crippen molar-refractivity contribution in [2.45, 2.75) is 11.8 Å². The van der Waals surface area contributed by atoms with Crippen LogP contribution in [0.2, 0.25) is 0 Å². The average molecular weight is 319 g/mol. The van der Waals surface area contributed by atoms with E-state index in [1.165, 1.54) is 12.1 Å². The molecule has 108 valence electrons. The van der Waals surface area contributed by atoms with Gasteiger partial charge in [-0.2, -0.15) is 0 Å². The normalized spacial score (nSPS) is 11.7. The van der Waals surface area contributed by atoms with Crippen LogP contribution in [0, 0.1) is 6.92 Å². The number of thiazole rings is 1. The molecule has 0 radical (unpaired) electrons. The van der Waals surface area contributed by atoms with Crippen LogP contribution in [0.4, 0.5) is 5.69 Å². The van der Waals surface area contributed by atoms with Gasteiger partial charge in [0.05, 0.1) is 15.1 Å². The van der Waals surface area contributed by atoms with E-state index in [1.807, 2.05) is 6.07 Å². The molecule has 0 fully saturated rings. The molecule has 7 heteroatoms. The van der Waals surface area contributed by atoms with E-state index in [4.69, 9.17) is 0 Å². The maximum Gasteiger partial charge on any atom is 0.305 e. The van der Waals surface area contributed by atoms with Crippen LogP contribution in [0.5, 0.6) is 0 Å². The summed E-state index contributed by atoms with van der Waals surface area (Å²) in [6.45, 7) is 1.80. The lowest BCUT2D eigenvalue weighted by Crippen LogP contribution is -1.98.